The molecule has 0 spiro atoms. The third-order valence-corrected chi connectivity index (χ3v) is 6.58. The fraction of sp³-hybridized carbons (Fsp3) is 0.571. The highest BCUT2D eigenvalue weighted by Crippen LogP contribution is 2.61. The Morgan fingerprint density at radius 2 is 2.22 bits per heavy atom. The van der Waals surface area contributed by atoms with Crippen LogP contribution in [0.5, 0.6) is 5.75 Å². The quantitative estimate of drug-likeness (QED) is 0.839. The van der Waals surface area contributed by atoms with Gasteiger partial charge >= 0.3 is 0 Å². The van der Waals surface area contributed by atoms with Crippen molar-refractivity contribution < 1.29 is 14.1 Å². The first-order valence-electron chi connectivity index (χ1n) is 9.72. The van der Waals surface area contributed by atoms with Crippen molar-refractivity contribution in [2.24, 2.45) is 23.2 Å². The summed E-state index contributed by atoms with van der Waals surface area (Å²) in [5, 5.41) is 6.92. The molecule has 0 aromatic carbocycles. The van der Waals surface area contributed by atoms with Gasteiger partial charge in [-0.3, -0.25) is 9.78 Å². The van der Waals surface area contributed by atoms with Gasteiger partial charge in [0.1, 0.15) is 12.4 Å². The number of aromatic nitrogens is 2. The topological polar surface area (TPSA) is 77.2 Å². The summed E-state index contributed by atoms with van der Waals surface area (Å²) in [6, 6.07) is 5.37. The summed E-state index contributed by atoms with van der Waals surface area (Å²) >= 11 is 0. The van der Waals surface area contributed by atoms with E-state index in [1.807, 2.05) is 19.1 Å². The Labute approximate surface area is 159 Å². The zero-order chi connectivity index (χ0) is 19.0. The average molecular weight is 369 g/mol. The normalized spacial score (nSPS) is 25.5. The van der Waals surface area contributed by atoms with Crippen molar-refractivity contribution in [2.45, 2.75) is 46.6 Å². The minimum atomic E-state index is -0.179. The smallest absolute Gasteiger partial charge is 0.273 e. The molecule has 2 aromatic rings. The molecule has 3 aliphatic rings. The van der Waals surface area contributed by atoms with E-state index in [0.717, 1.165) is 17.5 Å². The van der Waals surface area contributed by atoms with Crippen LogP contribution in [0.1, 0.15) is 55.1 Å². The van der Waals surface area contributed by atoms with Crippen molar-refractivity contribution >= 4 is 5.91 Å². The standard InChI is InChI=1S/C21H27N3O3/c1-13-4-7-16(11-22-13)26-12-17-9-19(24-27-17)20(25)23-10-14-5-6-15-8-18(14)21(15,2)3/h4,7,9,11,14-15,18H,5-6,8,10,12H2,1-3H3,(H,23,25)/t14-,15-,18-/m1/s1. The lowest BCUT2D eigenvalue weighted by Gasteiger charge is -2.60. The fourth-order valence-corrected chi connectivity index (χ4v) is 4.70. The second-order valence-electron chi connectivity index (χ2n) is 8.51. The van der Waals surface area contributed by atoms with Crippen LogP contribution in [0.3, 0.4) is 0 Å². The van der Waals surface area contributed by atoms with Gasteiger partial charge in [0.15, 0.2) is 11.5 Å². The van der Waals surface area contributed by atoms with Crippen molar-refractivity contribution in [2.75, 3.05) is 6.54 Å². The predicted octanol–water partition coefficient (Wildman–Crippen LogP) is 3.76. The molecule has 27 heavy (non-hydrogen) atoms. The van der Waals surface area contributed by atoms with E-state index in [0.29, 0.717) is 35.1 Å². The van der Waals surface area contributed by atoms with Gasteiger partial charge in [-0.05, 0) is 61.5 Å². The Kier molecular flexibility index (Phi) is 4.66. The number of aryl methyl sites for hydroxylation is 1. The lowest BCUT2D eigenvalue weighted by molar-refractivity contribution is -0.103. The number of nitrogens with one attached hydrogen (secondary N) is 1. The first-order chi connectivity index (χ1) is 12.9. The van der Waals surface area contributed by atoms with Crippen LogP contribution in [-0.2, 0) is 6.61 Å². The molecule has 0 aliphatic heterocycles. The number of hydrogen-bond acceptors (Lipinski definition) is 5. The van der Waals surface area contributed by atoms with Gasteiger partial charge in [0.2, 0.25) is 0 Å². The van der Waals surface area contributed by atoms with Crippen molar-refractivity contribution in [3.05, 3.63) is 41.5 Å². The summed E-state index contributed by atoms with van der Waals surface area (Å²) in [6.45, 7) is 7.59. The molecule has 6 nitrogen and oxygen atoms in total. The van der Waals surface area contributed by atoms with Crippen LogP contribution in [-0.4, -0.2) is 22.6 Å². The Balaban J connectivity index is 1.28. The van der Waals surface area contributed by atoms with Crippen LogP contribution in [0, 0.1) is 30.1 Å². The highest BCUT2D eigenvalue weighted by molar-refractivity contribution is 5.92. The van der Waals surface area contributed by atoms with Crippen molar-refractivity contribution in [3.63, 3.8) is 0 Å². The molecule has 3 aliphatic carbocycles. The molecule has 5 rings (SSSR count). The number of pyridine rings is 1. The van der Waals surface area contributed by atoms with Gasteiger partial charge in [-0.1, -0.05) is 19.0 Å². The van der Waals surface area contributed by atoms with E-state index in [1.54, 1.807) is 12.3 Å². The Bertz CT molecular complexity index is 810. The van der Waals surface area contributed by atoms with Crippen molar-refractivity contribution in [1.82, 2.24) is 15.5 Å². The number of carbonyl (C=O) groups excluding carboxylic acids is 1. The van der Waals surface area contributed by atoms with E-state index >= 15 is 0 Å². The number of fused-ring (bicyclic) bond motifs is 2. The predicted molar refractivity (Wildman–Crippen MR) is 100 cm³/mol. The maximum absolute atomic E-state index is 12.4. The third-order valence-electron chi connectivity index (χ3n) is 6.58. The zero-order valence-corrected chi connectivity index (χ0v) is 16.2. The van der Waals surface area contributed by atoms with Crippen LogP contribution in [0.4, 0.5) is 0 Å². The molecule has 2 heterocycles. The van der Waals surface area contributed by atoms with Gasteiger partial charge in [-0.15, -0.1) is 0 Å². The van der Waals surface area contributed by atoms with Crippen LogP contribution >= 0.6 is 0 Å². The molecule has 1 amide bonds. The molecule has 2 bridgehead atoms. The molecule has 1 N–H and O–H groups in total. The Morgan fingerprint density at radius 1 is 1.37 bits per heavy atom. The van der Waals surface area contributed by atoms with Crippen molar-refractivity contribution in [3.8, 4) is 5.75 Å². The maximum Gasteiger partial charge on any atom is 0.273 e. The summed E-state index contributed by atoms with van der Waals surface area (Å²) < 4.78 is 10.8. The van der Waals surface area contributed by atoms with E-state index in [1.165, 1.54) is 19.3 Å². The minimum absolute atomic E-state index is 0.179. The van der Waals surface area contributed by atoms with E-state index < -0.39 is 0 Å². The summed E-state index contributed by atoms with van der Waals surface area (Å²) in [6.07, 6.45) is 5.47. The van der Waals surface area contributed by atoms with Crippen molar-refractivity contribution in [1.29, 1.82) is 0 Å². The lowest BCUT2D eigenvalue weighted by Crippen LogP contribution is -2.54. The SMILES string of the molecule is Cc1ccc(OCc2cc(C(=O)NC[C@H]3CC[C@@H]4C[C@H]3C4(C)C)no2)cn1. The van der Waals surface area contributed by atoms with Gasteiger partial charge in [-0.25, -0.2) is 0 Å². The maximum atomic E-state index is 12.4. The number of amides is 1. The number of carbonyl (C=O) groups is 1. The number of ether oxygens (including phenoxy) is 1. The fourth-order valence-electron chi connectivity index (χ4n) is 4.70. The molecule has 0 unspecified atom stereocenters. The van der Waals surface area contributed by atoms with Gasteiger partial charge in [0.05, 0.1) is 6.20 Å². The number of nitrogens with zero attached hydrogens (tertiary/aromatic N) is 2. The number of hydrogen-bond donors (Lipinski definition) is 1. The van der Waals surface area contributed by atoms with Gasteiger partial charge in [0.25, 0.3) is 5.91 Å². The van der Waals surface area contributed by atoms with E-state index in [9.17, 15) is 4.79 Å². The molecule has 2 aromatic heterocycles. The summed E-state index contributed by atoms with van der Waals surface area (Å²) in [4.78, 5) is 16.6. The molecule has 3 fully saturated rings. The third kappa shape index (κ3) is 3.57. The monoisotopic (exact) mass is 369 g/mol. The molecule has 0 radical (unpaired) electrons. The van der Waals surface area contributed by atoms with Gasteiger partial charge < -0.3 is 14.6 Å². The number of rotatable bonds is 6. The molecule has 3 atom stereocenters. The zero-order valence-electron chi connectivity index (χ0n) is 16.2. The van der Waals surface area contributed by atoms with E-state index in [-0.39, 0.29) is 12.5 Å². The first kappa shape index (κ1) is 18.0. The average Bonchev–Trinajstić information content (AvgIpc) is 3.15. The van der Waals surface area contributed by atoms with Gasteiger partial charge in [0, 0.05) is 18.3 Å². The Hall–Kier alpha value is -2.37. The second kappa shape index (κ2) is 6.98. The summed E-state index contributed by atoms with van der Waals surface area (Å²) in [7, 11) is 0. The second-order valence-corrected chi connectivity index (χ2v) is 8.51. The van der Waals surface area contributed by atoms with Crippen LogP contribution in [0.15, 0.2) is 28.9 Å². The molecule has 6 heteroatoms. The molecule has 0 saturated heterocycles. The molecule has 3 saturated carbocycles. The van der Waals surface area contributed by atoms with E-state index in [2.05, 4.69) is 29.3 Å². The highest BCUT2D eigenvalue weighted by atomic mass is 16.5. The summed E-state index contributed by atoms with van der Waals surface area (Å²) in [5.74, 6) is 3.15. The van der Waals surface area contributed by atoms with E-state index in [4.69, 9.17) is 9.26 Å². The molecular weight excluding hydrogens is 342 g/mol. The van der Waals surface area contributed by atoms with Gasteiger partial charge in [-0.2, -0.15) is 0 Å². The Morgan fingerprint density at radius 3 is 2.93 bits per heavy atom. The largest absolute Gasteiger partial charge is 0.484 e. The highest BCUT2D eigenvalue weighted by Gasteiger charge is 2.53. The lowest BCUT2D eigenvalue weighted by atomic mass is 9.45. The molecule has 144 valence electrons. The minimum Gasteiger partial charge on any atom is -0.484 e. The van der Waals surface area contributed by atoms with Crippen LogP contribution in [0.25, 0.3) is 0 Å². The van der Waals surface area contributed by atoms with Crippen LogP contribution < -0.4 is 10.1 Å². The molecular formula is C21H27N3O3. The first-order valence-corrected chi connectivity index (χ1v) is 9.72. The van der Waals surface area contributed by atoms with Crippen LogP contribution in [0.2, 0.25) is 0 Å². The summed E-state index contributed by atoms with van der Waals surface area (Å²) in [5.41, 5.74) is 1.66.